The van der Waals surface area contributed by atoms with Gasteiger partial charge in [-0.1, -0.05) is 0 Å². The lowest BCUT2D eigenvalue weighted by atomic mass is 9.50. The van der Waals surface area contributed by atoms with Gasteiger partial charge in [-0.25, -0.2) is 0 Å². The van der Waals surface area contributed by atoms with E-state index >= 15 is 0 Å². The molecule has 17 heavy (non-hydrogen) atoms. The predicted molar refractivity (Wildman–Crippen MR) is 64.9 cm³/mol. The monoisotopic (exact) mass is 232 g/mol. The van der Waals surface area contributed by atoms with E-state index in [1.807, 2.05) is 0 Å². The SMILES string of the molecule is COc1ccc(N)cc1C(=O)NC12CC(C1)C2. The first kappa shape index (κ1) is 10.4. The molecule has 1 amide bonds. The van der Waals surface area contributed by atoms with Gasteiger partial charge in [-0.05, 0) is 43.4 Å². The molecule has 3 N–H and O–H groups in total. The molecule has 3 aliphatic carbocycles. The van der Waals surface area contributed by atoms with Crippen LogP contribution in [0.2, 0.25) is 0 Å². The maximum atomic E-state index is 12.2. The Hall–Kier alpha value is -1.71. The molecule has 2 bridgehead atoms. The number of carbonyl (C=O) groups is 1. The van der Waals surface area contributed by atoms with E-state index in [2.05, 4.69) is 5.32 Å². The maximum Gasteiger partial charge on any atom is 0.255 e. The molecule has 4 heteroatoms. The Labute approximate surface area is 100 Å². The summed E-state index contributed by atoms with van der Waals surface area (Å²) >= 11 is 0. The van der Waals surface area contributed by atoms with Gasteiger partial charge < -0.3 is 15.8 Å². The molecule has 3 fully saturated rings. The third kappa shape index (κ3) is 1.55. The van der Waals surface area contributed by atoms with Gasteiger partial charge in [-0.3, -0.25) is 4.79 Å². The minimum Gasteiger partial charge on any atom is -0.496 e. The second-order valence-electron chi connectivity index (χ2n) is 5.17. The number of ether oxygens (including phenoxy) is 1. The highest BCUT2D eigenvalue weighted by Crippen LogP contribution is 2.57. The number of anilines is 1. The smallest absolute Gasteiger partial charge is 0.255 e. The molecule has 0 unspecified atom stereocenters. The summed E-state index contributed by atoms with van der Waals surface area (Å²) in [6, 6.07) is 5.13. The van der Waals surface area contributed by atoms with Crippen LogP contribution in [0.15, 0.2) is 18.2 Å². The summed E-state index contributed by atoms with van der Waals surface area (Å²) < 4.78 is 5.18. The summed E-state index contributed by atoms with van der Waals surface area (Å²) in [7, 11) is 1.56. The average molecular weight is 232 g/mol. The average Bonchev–Trinajstić information content (AvgIpc) is 2.21. The third-order valence-corrected chi connectivity index (χ3v) is 3.89. The normalized spacial score (nSPS) is 28.9. The molecule has 0 heterocycles. The molecule has 0 aliphatic heterocycles. The van der Waals surface area contributed by atoms with Crippen molar-refractivity contribution in [3.8, 4) is 5.75 Å². The van der Waals surface area contributed by atoms with E-state index in [-0.39, 0.29) is 11.4 Å². The Kier molecular flexibility index (Phi) is 2.08. The minimum atomic E-state index is -0.0766. The molecule has 0 radical (unpaired) electrons. The van der Waals surface area contributed by atoms with Crippen LogP contribution in [0, 0.1) is 5.92 Å². The fourth-order valence-corrected chi connectivity index (χ4v) is 2.84. The van der Waals surface area contributed by atoms with Gasteiger partial charge in [0.05, 0.1) is 12.7 Å². The number of nitrogens with two attached hydrogens (primary N) is 1. The highest BCUT2D eigenvalue weighted by atomic mass is 16.5. The number of hydrogen-bond acceptors (Lipinski definition) is 3. The molecule has 90 valence electrons. The van der Waals surface area contributed by atoms with Gasteiger partial charge >= 0.3 is 0 Å². The number of amides is 1. The van der Waals surface area contributed by atoms with E-state index in [0.717, 1.165) is 25.2 Å². The van der Waals surface area contributed by atoms with Crippen molar-refractivity contribution >= 4 is 11.6 Å². The fraction of sp³-hybridized carbons (Fsp3) is 0.462. The van der Waals surface area contributed by atoms with Gasteiger partial charge in [0.2, 0.25) is 0 Å². The molecule has 4 nitrogen and oxygen atoms in total. The summed E-state index contributed by atoms with van der Waals surface area (Å²) in [6.45, 7) is 0. The molecule has 0 saturated heterocycles. The van der Waals surface area contributed by atoms with Crippen LogP contribution in [0.3, 0.4) is 0 Å². The number of hydrogen-bond donors (Lipinski definition) is 2. The number of rotatable bonds is 3. The molecule has 0 spiro atoms. The third-order valence-electron chi connectivity index (χ3n) is 3.89. The second-order valence-corrected chi connectivity index (χ2v) is 5.17. The summed E-state index contributed by atoms with van der Waals surface area (Å²) in [6.07, 6.45) is 3.39. The van der Waals surface area contributed by atoms with E-state index < -0.39 is 0 Å². The highest BCUT2D eigenvalue weighted by molar-refractivity contribution is 5.98. The lowest BCUT2D eigenvalue weighted by molar-refractivity contribution is -0.0439. The van der Waals surface area contributed by atoms with Gasteiger partial charge in [0.25, 0.3) is 5.91 Å². The van der Waals surface area contributed by atoms with Crippen LogP contribution in [0.4, 0.5) is 5.69 Å². The molecule has 1 aromatic rings. The van der Waals surface area contributed by atoms with E-state index in [1.54, 1.807) is 25.3 Å². The van der Waals surface area contributed by atoms with E-state index in [1.165, 1.54) is 0 Å². The van der Waals surface area contributed by atoms with Gasteiger partial charge in [0, 0.05) is 11.2 Å². The zero-order chi connectivity index (χ0) is 12.0. The van der Waals surface area contributed by atoms with Gasteiger partial charge in [-0.2, -0.15) is 0 Å². The minimum absolute atomic E-state index is 0.0766. The number of nitrogens with one attached hydrogen (secondary N) is 1. The van der Waals surface area contributed by atoms with Gasteiger partial charge in [0.15, 0.2) is 0 Å². The topological polar surface area (TPSA) is 64.3 Å². The Balaban J connectivity index is 1.82. The largest absolute Gasteiger partial charge is 0.496 e. The van der Waals surface area contributed by atoms with Crippen LogP contribution in [-0.2, 0) is 0 Å². The fourth-order valence-electron chi connectivity index (χ4n) is 2.84. The number of carbonyl (C=O) groups excluding carboxylic acids is 1. The molecule has 4 rings (SSSR count). The highest BCUT2D eigenvalue weighted by Gasteiger charge is 2.57. The summed E-state index contributed by atoms with van der Waals surface area (Å²) in [4.78, 5) is 12.2. The zero-order valence-electron chi connectivity index (χ0n) is 9.82. The maximum absolute atomic E-state index is 12.2. The molecule has 3 saturated carbocycles. The summed E-state index contributed by atoms with van der Waals surface area (Å²) in [5.41, 5.74) is 6.89. The number of nitrogen functional groups attached to an aromatic ring is 1. The van der Waals surface area contributed by atoms with Crippen LogP contribution >= 0.6 is 0 Å². The van der Waals surface area contributed by atoms with Crippen molar-refractivity contribution in [1.82, 2.24) is 5.32 Å². The first-order chi connectivity index (χ1) is 8.12. The Morgan fingerprint density at radius 3 is 2.71 bits per heavy atom. The Morgan fingerprint density at radius 2 is 2.18 bits per heavy atom. The lowest BCUT2D eigenvalue weighted by Crippen LogP contribution is -2.68. The van der Waals surface area contributed by atoms with Crippen molar-refractivity contribution in [2.45, 2.75) is 24.8 Å². The van der Waals surface area contributed by atoms with E-state index in [4.69, 9.17) is 10.5 Å². The van der Waals surface area contributed by atoms with E-state index in [9.17, 15) is 4.79 Å². The van der Waals surface area contributed by atoms with Crippen molar-refractivity contribution in [3.05, 3.63) is 23.8 Å². The molecule has 0 aromatic heterocycles. The molecule has 3 aliphatic rings. The van der Waals surface area contributed by atoms with Crippen LogP contribution in [0.25, 0.3) is 0 Å². The summed E-state index contributed by atoms with van der Waals surface area (Å²) in [5, 5.41) is 3.10. The van der Waals surface area contributed by atoms with Gasteiger partial charge in [-0.15, -0.1) is 0 Å². The first-order valence-electron chi connectivity index (χ1n) is 5.88. The summed E-state index contributed by atoms with van der Waals surface area (Å²) in [5.74, 6) is 1.34. The molecular formula is C13H16N2O2. The van der Waals surface area contributed by atoms with E-state index in [0.29, 0.717) is 17.0 Å². The van der Waals surface area contributed by atoms with Crippen molar-refractivity contribution < 1.29 is 9.53 Å². The Morgan fingerprint density at radius 1 is 1.47 bits per heavy atom. The number of benzene rings is 1. The second kappa shape index (κ2) is 3.39. The first-order valence-corrected chi connectivity index (χ1v) is 5.88. The quantitative estimate of drug-likeness (QED) is 0.777. The van der Waals surface area contributed by atoms with Crippen molar-refractivity contribution in [1.29, 1.82) is 0 Å². The molecule has 0 atom stereocenters. The van der Waals surface area contributed by atoms with Crippen LogP contribution < -0.4 is 15.8 Å². The molecule has 1 aromatic carbocycles. The van der Waals surface area contributed by atoms with Crippen LogP contribution in [0.1, 0.15) is 29.6 Å². The van der Waals surface area contributed by atoms with Gasteiger partial charge in [0.1, 0.15) is 5.75 Å². The van der Waals surface area contributed by atoms with Crippen molar-refractivity contribution in [2.24, 2.45) is 5.92 Å². The number of methoxy groups -OCH3 is 1. The van der Waals surface area contributed by atoms with Crippen molar-refractivity contribution in [2.75, 3.05) is 12.8 Å². The lowest BCUT2D eigenvalue weighted by Gasteiger charge is -2.61. The zero-order valence-corrected chi connectivity index (χ0v) is 9.82. The standard InChI is InChI=1S/C13H16N2O2/c1-17-11-3-2-9(14)4-10(11)12(16)15-13-5-8(6-13)7-13/h2-4,8H,5-7,14H2,1H3,(H,15,16). The Bertz CT molecular complexity index is 467. The van der Waals surface area contributed by atoms with Crippen LogP contribution in [-0.4, -0.2) is 18.6 Å². The predicted octanol–water partition coefficient (Wildman–Crippen LogP) is 1.56. The van der Waals surface area contributed by atoms with Crippen LogP contribution in [0.5, 0.6) is 5.75 Å². The molecular weight excluding hydrogens is 216 g/mol. The van der Waals surface area contributed by atoms with Crippen molar-refractivity contribution in [3.63, 3.8) is 0 Å².